The summed E-state index contributed by atoms with van der Waals surface area (Å²) in [7, 11) is 0. The third-order valence-corrected chi connectivity index (χ3v) is 2.55. The molecule has 0 unspecified atom stereocenters. The van der Waals surface area contributed by atoms with Crippen LogP contribution in [-0.2, 0) is 4.79 Å². The molecule has 1 nitrogen and oxygen atoms in total. The molecule has 0 fully saturated rings. The van der Waals surface area contributed by atoms with Crippen LogP contribution in [-0.4, -0.2) is 5.24 Å². The highest BCUT2D eigenvalue weighted by Crippen LogP contribution is 2.19. The van der Waals surface area contributed by atoms with Crippen molar-refractivity contribution in [2.75, 3.05) is 0 Å². The lowest BCUT2D eigenvalue weighted by atomic mass is 10.0. The van der Waals surface area contributed by atoms with Gasteiger partial charge in [0.15, 0.2) is 0 Å². The van der Waals surface area contributed by atoms with Gasteiger partial charge in [-0.2, -0.15) is 0 Å². The molecule has 0 saturated carbocycles. The molecule has 0 aliphatic carbocycles. The highest BCUT2D eigenvalue weighted by molar-refractivity contribution is 6.66. The molecule has 0 atom stereocenters. The van der Waals surface area contributed by atoms with E-state index in [0.29, 0.717) is 0 Å². The van der Waals surface area contributed by atoms with Crippen molar-refractivity contribution in [1.82, 2.24) is 0 Å². The number of carbonyl (C=O) groups excluding carboxylic acids is 1. The number of allylic oxidation sites excluding steroid dienone is 1. The van der Waals surface area contributed by atoms with Gasteiger partial charge >= 0.3 is 0 Å². The zero-order valence-electron chi connectivity index (χ0n) is 9.14. The third kappa shape index (κ3) is 3.30. The zero-order chi connectivity index (χ0) is 12.1. The summed E-state index contributed by atoms with van der Waals surface area (Å²) in [5.41, 5.74) is 3.29. The first-order valence-electron chi connectivity index (χ1n) is 5.29. The molecule has 0 saturated heterocycles. The van der Waals surface area contributed by atoms with E-state index in [9.17, 15) is 4.79 Å². The van der Waals surface area contributed by atoms with Crippen molar-refractivity contribution in [1.29, 1.82) is 0 Å². The maximum absolute atomic E-state index is 10.6. The molecule has 0 spiro atoms. The Kier molecular flexibility index (Phi) is 3.73. The number of carbonyl (C=O) groups is 1. The van der Waals surface area contributed by atoms with E-state index in [1.807, 2.05) is 42.5 Å². The lowest BCUT2D eigenvalue weighted by Crippen LogP contribution is -1.79. The van der Waals surface area contributed by atoms with Crippen LogP contribution in [0.5, 0.6) is 0 Å². The number of rotatable bonds is 3. The van der Waals surface area contributed by atoms with Gasteiger partial charge in [-0.05, 0) is 34.4 Å². The van der Waals surface area contributed by atoms with Crippen LogP contribution in [0.4, 0.5) is 0 Å². The summed E-state index contributed by atoms with van der Waals surface area (Å²) in [6.45, 7) is 0. The van der Waals surface area contributed by atoms with Gasteiger partial charge in [0.2, 0.25) is 5.24 Å². The predicted octanol–water partition coefficient (Wildman–Crippen LogP) is 4.13. The molecule has 0 radical (unpaired) electrons. The Bertz CT molecular complexity index is 527. The molecule has 84 valence electrons. The molecular weight excluding hydrogens is 232 g/mol. The second-order valence-electron chi connectivity index (χ2n) is 3.63. The molecule has 0 aromatic heterocycles. The first-order chi connectivity index (χ1) is 8.25. The van der Waals surface area contributed by atoms with Gasteiger partial charge < -0.3 is 0 Å². The SMILES string of the molecule is O=C(Cl)/C=C/c1ccc(-c2ccccc2)cc1. The summed E-state index contributed by atoms with van der Waals surface area (Å²) < 4.78 is 0. The van der Waals surface area contributed by atoms with E-state index >= 15 is 0 Å². The van der Waals surface area contributed by atoms with Crippen LogP contribution in [0.25, 0.3) is 17.2 Å². The minimum absolute atomic E-state index is 0.461. The van der Waals surface area contributed by atoms with Crippen molar-refractivity contribution in [2.24, 2.45) is 0 Å². The maximum Gasteiger partial charge on any atom is 0.245 e. The van der Waals surface area contributed by atoms with Gasteiger partial charge in [-0.1, -0.05) is 60.7 Å². The minimum Gasteiger partial charge on any atom is -0.276 e. The molecular formula is C15H11ClO. The Morgan fingerprint density at radius 3 is 2.06 bits per heavy atom. The van der Waals surface area contributed by atoms with E-state index in [1.165, 1.54) is 11.6 Å². The Hall–Kier alpha value is -1.86. The fourth-order valence-corrected chi connectivity index (χ4v) is 1.64. The largest absolute Gasteiger partial charge is 0.276 e. The molecule has 0 bridgehead atoms. The van der Waals surface area contributed by atoms with Crippen molar-refractivity contribution in [3.63, 3.8) is 0 Å². The summed E-state index contributed by atoms with van der Waals surface area (Å²) in [6.07, 6.45) is 3.04. The summed E-state index contributed by atoms with van der Waals surface area (Å²) in [4.78, 5) is 10.6. The standard InChI is InChI=1S/C15H11ClO/c16-15(17)11-8-12-6-9-14(10-7-12)13-4-2-1-3-5-13/h1-11H/b11-8+. The molecule has 2 rings (SSSR count). The molecule has 0 heterocycles. The van der Waals surface area contributed by atoms with E-state index in [-0.39, 0.29) is 0 Å². The highest BCUT2D eigenvalue weighted by atomic mass is 35.5. The summed E-state index contributed by atoms with van der Waals surface area (Å²) in [6, 6.07) is 18.1. The van der Waals surface area contributed by atoms with Crippen LogP contribution in [0.1, 0.15) is 5.56 Å². The monoisotopic (exact) mass is 242 g/mol. The molecule has 2 heteroatoms. The van der Waals surface area contributed by atoms with E-state index in [1.54, 1.807) is 6.08 Å². The topological polar surface area (TPSA) is 17.1 Å². The van der Waals surface area contributed by atoms with Crippen LogP contribution in [0.3, 0.4) is 0 Å². The fourth-order valence-electron chi connectivity index (χ4n) is 1.58. The van der Waals surface area contributed by atoms with E-state index in [2.05, 4.69) is 12.1 Å². The number of hydrogen-bond acceptors (Lipinski definition) is 1. The number of hydrogen-bond donors (Lipinski definition) is 0. The Balaban J connectivity index is 2.22. The highest BCUT2D eigenvalue weighted by Gasteiger charge is 1.95. The van der Waals surface area contributed by atoms with Gasteiger partial charge in [0.1, 0.15) is 0 Å². The molecule has 0 N–H and O–H groups in total. The second kappa shape index (κ2) is 5.46. The molecule has 17 heavy (non-hydrogen) atoms. The van der Waals surface area contributed by atoms with Crippen molar-refractivity contribution in [3.05, 3.63) is 66.2 Å². The van der Waals surface area contributed by atoms with Crippen molar-refractivity contribution in [3.8, 4) is 11.1 Å². The van der Waals surface area contributed by atoms with Gasteiger partial charge in [-0.15, -0.1) is 0 Å². The third-order valence-electron chi connectivity index (χ3n) is 2.42. The van der Waals surface area contributed by atoms with Gasteiger partial charge in [0.25, 0.3) is 0 Å². The fraction of sp³-hybridized carbons (Fsp3) is 0. The smallest absolute Gasteiger partial charge is 0.245 e. The number of benzene rings is 2. The molecule has 2 aromatic rings. The lowest BCUT2D eigenvalue weighted by Gasteiger charge is -2.01. The predicted molar refractivity (Wildman–Crippen MR) is 71.8 cm³/mol. The van der Waals surface area contributed by atoms with Gasteiger partial charge in [-0.25, -0.2) is 0 Å². The Morgan fingerprint density at radius 1 is 0.882 bits per heavy atom. The van der Waals surface area contributed by atoms with E-state index < -0.39 is 5.24 Å². The first kappa shape index (κ1) is 11.6. The Morgan fingerprint density at radius 2 is 1.47 bits per heavy atom. The van der Waals surface area contributed by atoms with E-state index in [0.717, 1.165) is 11.1 Å². The zero-order valence-corrected chi connectivity index (χ0v) is 9.89. The summed E-state index contributed by atoms with van der Waals surface area (Å²) >= 11 is 5.23. The molecule has 2 aromatic carbocycles. The lowest BCUT2D eigenvalue weighted by molar-refractivity contribution is -0.107. The van der Waals surface area contributed by atoms with Crippen LogP contribution < -0.4 is 0 Å². The van der Waals surface area contributed by atoms with Gasteiger partial charge in [0, 0.05) is 0 Å². The van der Waals surface area contributed by atoms with Crippen LogP contribution in [0.2, 0.25) is 0 Å². The van der Waals surface area contributed by atoms with Crippen LogP contribution >= 0.6 is 11.6 Å². The Labute approximate surface area is 105 Å². The van der Waals surface area contributed by atoms with Crippen LogP contribution in [0, 0.1) is 0 Å². The van der Waals surface area contributed by atoms with Crippen molar-refractivity contribution >= 4 is 22.9 Å². The minimum atomic E-state index is -0.461. The number of halogens is 1. The molecule has 0 aliphatic heterocycles. The average molecular weight is 243 g/mol. The summed E-state index contributed by atoms with van der Waals surface area (Å²) in [5, 5.41) is -0.461. The van der Waals surface area contributed by atoms with E-state index in [4.69, 9.17) is 11.6 Å². The quantitative estimate of drug-likeness (QED) is 0.584. The second-order valence-corrected chi connectivity index (χ2v) is 4.00. The van der Waals surface area contributed by atoms with Crippen LogP contribution in [0.15, 0.2) is 60.7 Å². The van der Waals surface area contributed by atoms with Gasteiger partial charge in [0.05, 0.1) is 0 Å². The average Bonchev–Trinajstić information content (AvgIpc) is 2.38. The summed E-state index contributed by atoms with van der Waals surface area (Å²) in [5.74, 6) is 0. The first-order valence-corrected chi connectivity index (χ1v) is 5.66. The molecule has 0 aliphatic rings. The van der Waals surface area contributed by atoms with Crippen molar-refractivity contribution in [2.45, 2.75) is 0 Å². The normalized spacial score (nSPS) is 10.6. The van der Waals surface area contributed by atoms with Gasteiger partial charge in [-0.3, -0.25) is 4.79 Å². The van der Waals surface area contributed by atoms with Crippen molar-refractivity contribution < 1.29 is 4.79 Å². The maximum atomic E-state index is 10.6. The molecule has 0 amide bonds.